The van der Waals surface area contributed by atoms with Crippen molar-refractivity contribution in [2.24, 2.45) is 0 Å². The van der Waals surface area contributed by atoms with Gasteiger partial charge in [-0.2, -0.15) is 0 Å². The first-order valence-corrected chi connectivity index (χ1v) is 7.24. The first-order chi connectivity index (χ1) is 9.46. The fraction of sp³-hybridized carbons (Fsp3) is 0.333. The van der Waals surface area contributed by atoms with Crippen LogP contribution in [0.2, 0.25) is 0 Å². The van der Waals surface area contributed by atoms with Crippen LogP contribution in [0.1, 0.15) is 26.3 Å². The molecular weight excluding hydrogens is 273 g/mol. The second-order valence-corrected chi connectivity index (χ2v) is 6.51. The molecule has 0 fully saturated rings. The van der Waals surface area contributed by atoms with Gasteiger partial charge in [0.25, 0.3) is 0 Å². The molecule has 0 spiro atoms. The zero-order valence-corrected chi connectivity index (χ0v) is 12.7. The number of hydrogen-bond acceptors (Lipinski definition) is 4. The minimum absolute atomic E-state index is 0.0107. The molecule has 0 amide bonds. The molecule has 106 valence electrons. The summed E-state index contributed by atoms with van der Waals surface area (Å²) in [5.74, 6) is -0.221. The van der Waals surface area contributed by atoms with Gasteiger partial charge >= 0.3 is 0 Å². The van der Waals surface area contributed by atoms with E-state index in [4.69, 9.17) is 0 Å². The number of rotatable bonds is 4. The number of nitrogens with one attached hydrogen (secondary N) is 1. The highest BCUT2D eigenvalue weighted by Gasteiger charge is 2.14. The Morgan fingerprint density at radius 3 is 2.70 bits per heavy atom. The lowest BCUT2D eigenvalue weighted by Crippen LogP contribution is -2.35. The van der Waals surface area contributed by atoms with Gasteiger partial charge in [0.05, 0.1) is 4.90 Å². The molecular formula is C15H18FN3S. The van der Waals surface area contributed by atoms with Crippen molar-refractivity contribution < 1.29 is 4.39 Å². The van der Waals surface area contributed by atoms with E-state index < -0.39 is 0 Å². The standard InChI is InChI=1S/C15H18FN3S/c1-15(2,3)19-9-11-5-4-6-12(16)14(11)20-13-7-8-17-10-18-13/h4-8,10,19H,9H2,1-3H3. The zero-order chi connectivity index (χ0) is 14.6. The van der Waals surface area contributed by atoms with E-state index in [1.165, 1.54) is 24.2 Å². The normalized spacial score (nSPS) is 11.6. The van der Waals surface area contributed by atoms with Crippen molar-refractivity contribution in [3.63, 3.8) is 0 Å². The van der Waals surface area contributed by atoms with Crippen molar-refractivity contribution in [1.29, 1.82) is 0 Å². The van der Waals surface area contributed by atoms with E-state index in [1.54, 1.807) is 18.3 Å². The summed E-state index contributed by atoms with van der Waals surface area (Å²) in [6.45, 7) is 6.88. The molecule has 2 aromatic rings. The summed E-state index contributed by atoms with van der Waals surface area (Å²) in [5, 5.41) is 4.12. The monoisotopic (exact) mass is 291 g/mol. The predicted molar refractivity (Wildman–Crippen MR) is 79.1 cm³/mol. The third kappa shape index (κ3) is 4.28. The average molecular weight is 291 g/mol. The van der Waals surface area contributed by atoms with Crippen LogP contribution in [0, 0.1) is 5.82 Å². The SMILES string of the molecule is CC(C)(C)NCc1cccc(F)c1Sc1ccncn1. The maximum Gasteiger partial charge on any atom is 0.137 e. The molecule has 0 saturated carbocycles. The Labute approximate surface area is 123 Å². The second-order valence-electron chi connectivity index (χ2n) is 5.48. The van der Waals surface area contributed by atoms with Crippen molar-refractivity contribution in [2.45, 2.75) is 42.8 Å². The first kappa shape index (κ1) is 14.9. The molecule has 0 saturated heterocycles. The van der Waals surface area contributed by atoms with Gasteiger partial charge in [-0.25, -0.2) is 14.4 Å². The Balaban J connectivity index is 2.22. The summed E-state index contributed by atoms with van der Waals surface area (Å²) in [6, 6.07) is 6.92. The van der Waals surface area contributed by atoms with E-state index in [1.807, 2.05) is 6.07 Å². The van der Waals surface area contributed by atoms with E-state index >= 15 is 0 Å². The lowest BCUT2D eigenvalue weighted by atomic mass is 10.1. The molecule has 2 rings (SSSR count). The van der Waals surface area contributed by atoms with Crippen LogP contribution in [0.5, 0.6) is 0 Å². The Morgan fingerprint density at radius 2 is 2.05 bits per heavy atom. The van der Waals surface area contributed by atoms with Crippen LogP contribution >= 0.6 is 11.8 Å². The molecule has 1 aromatic heterocycles. The van der Waals surface area contributed by atoms with Crippen LogP contribution in [-0.2, 0) is 6.54 Å². The number of nitrogens with zero attached hydrogens (tertiary/aromatic N) is 2. The van der Waals surface area contributed by atoms with Gasteiger partial charge in [0.1, 0.15) is 17.2 Å². The maximum atomic E-state index is 14.1. The summed E-state index contributed by atoms with van der Waals surface area (Å²) >= 11 is 1.33. The molecule has 0 atom stereocenters. The fourth-order valence-corrected chi connectivity index (χ4v) is 2.49. The highest BCUT2D eigenvalue weighted by molar-refractivity contribution is 7.99. The molecule has 20 heavy (non-hydrogen) atoms. The topological polar surface area (TPSA) is 37.8 Å². The second kappa shape index (κ2) is 6.33. The van der Waals surface area contributed by atoms with Crippen LogP contribution in [0.3, 0.4) is 0 Å². The summed E-state index contributed by atoms with van der Waals surface area (Å²) in [4.78, 5) is 8.61. The van der Waals surface area contributed by atoms with E-state index in [2.05, 4.69) is 36.1 Å². The van der Waals surface area contributed by atoms with Crippen molar-refractivity contribution in [3.8, 4) is 0 Å². The Hall–Kier alpha value is -1.46. The van der Waals surface area contributed by atoms with Crippen LogP contribution in [0.15, 0.2) is 46.7 Å². The van der Waals surface area contributed by atoms with Crippen molar-refractivity contribution in [1.82, 2.24) is 15.3 Å². The van der Waals surface area contributed by atoms with Crippen LogP contribution in [-0.4, -0.2) is 15.5 Å². The Kier molecular flexibility index (Phi) is 4.73. The van der Waals surface area contributed by atoms with Crippen LogP contribution in [0.4, 0.5) is 4.39 Å². The number of benzene rings is 1. The summed E-state index contributed by atoms with van der Waals surface area (Å²) < 4.78 is 14.1. The molecule has 0 unspecified atom stereocenters. The molecule has 0 aliphatic carbocycles. The van der Waals surface area contributed by atoms with Gasteiger partial charge in [-0.3, -0.25) is 0 Å². The molecule has 1 aromatic carbocycles. The summed E-state index contributed by atoms with van der Waals surface area (Å²) in [5.41, 5.74) is 0.923. The molecule has 0 bridgehead atoms. The Bertz CT molecular complexity index is 567. The van der Waals surface area contributed by atoms with Crippen molar-refractivity contribution >= 4 is 11.8 Å². The van der Waals surface area contributed by atoms with E-state index in [-0.39, 0.29) is 11.4 Å². The number of aromatic nitrogens is 2. The van der Waals surface area contributed by atoms with Crippen molar-refractivity contribution in [3.05, 3.63) is 48.2 Å². The smallest absolute Gasteiger partial charge is 0.137 e. The Morgan fingerprint density at radius 1 is 1.25 bits per heavy atom. The highest BCUT2D eigenvalue weighted by Crippen LogP contribution is 2.31. The van der Waals surface area contributed by atoms with Gasteiger partial charge in [-0.1, -0.05) is 23.9 Å². The zero-order valence-electron chi connectivity index (χ0n) is 11.9. The van der Waals surface area contributed by atoms with Gasteiger partial charge < -0.3 is 5.32 Å². The van der Waals surface area contributed by atoms with Gasteiger partial charge in [0.2, 0.25) is 0 Å². The van der Waals surface area contributed by atoms with Gasteiger partial charge in [0, 0.05) is 18.3 Å². The average Bonchev–Trinajstić information content (AvgIpc) is 2.40. The lowest BCUT2D eigenvalue weighted by Gasteiger charge is -2.21. The van der Waals surface area contributed by atoms with Gasteiger partial charge in [-0.15, -0.1) is 0 Å². The third-order valence-corrected chi connectivity index (χ3v) is 3.73. The first-order valence-electron chi connectivity index (χ1n) is 6.42. The molecule has 3 nitrogen and oxygen atoms in total. The van der Waals surface area contributed by atoms with Crippen molar-refractivity contribution in [2.75, 3.05) is 0 Å². The third-order valence-electron chi connectivity index (χ3n) is 2.62. The van der Waals surface area contributed by atoms with Crippen LogP contribution < -0.4 is 5.32 Å². The highest BCUT2D eigenvalue weighted by atomic mass is 32.2. The maximum absolute atomic E-state index is 14.1. The largest absolute Gasteiger partial charge is 0.308 e. The summed E-state index contributed by atoms with van der Waals surface area (Å²) in [7, 11) is 0. The molecule has 0 aliphatic heterocycles. The van der Waals surface area contributed by atoms with Gasteiger partial charge in [0.15, 0.2) is 0 Å². The molecule has 0 aliphatic rings. The minimum Gasteiger partial charge on any atom is -0.308 e. The minimum atomic E-state index is -0.221. The molecule has 1 heterocycles. The predicted octanol–water partition coefficient (Wildman–Crippen LogP) is 3.66. The van der Waals surface area contributed by atoms with E-state index in [0.717, 1.165) is 10.6 Å². The molecule has 1 N–H and O–H groups in total. The fourth-order valence-electron chi connectivity index (χ4n) is 1.61. The quantitative estimate of drug-likeness (QED) is 0.873. The molecule has 5 heteroatoms. The van der Waals surface area contributed by atoms with Gasteiger partial charge in [-0.05, 0) is 38.5 Å². The van der Waals surface area contributed by atoms with Crippen LogP contribution in [0.25, 0.3) is 0 Å². The lowest BCUT2D eigenvalue weighted by molar-refractivity contribution is 0.421. The van der Waals surface area contributed by atoms with E-state index in [9.17, 15) is 4.39 Å². The number of hydrogen-bond donors (Lipinski definition) is 1. The summed E-state index contributed by atoms with van der Waals surface area (Å²) in [6.07, 6.45) is 3.12. The number of halogens is 1. The van der Waals surface area contributed by atoms with E-state index in [0.29, 0.717) is 11.4 Å². The molecule has 0 radical (unpaired) electrons.